The zero-order valence-electron chi connectivity index (χ0n) is 13.4. The molecule has 0 aromatic carbocycles. The summed E-state index contributed by atoms with van der Waals surface area (Å²) in [6.07, 6.45) is 3.16. The molecule has 6 nitrogen and oxygen atoms in total. The third kappa shape index (κ3) is 2.75. The molecule has 3 fully saturated rings. The maximum absolute atomic E-state index is 13.6. The summed E-state index contributed by atoms with van der Waals surface area (Å²) in [4.78, 5) is 18.2. The number of amides is 1. The largest absolute Gasteiger partial charge is 0.475 e. The third-order valence-electron chi connectivity index (χ3n) is 5.25. The normalized spacial score (nSPS) is 28.1. The number of likely N-dealkylation sites (tertiary alicyclic amines) is 1. The fraction of sp³-hybridized carbons (Fsp3) is 0.647. The van der Waals surface area contributed by atoms with Crippen LogP contribution in [0.4, 0.5) is 4.39 Å². The number of pyridine rings is 1. The molecule has 3 aliphatic heterocycles. The summed E-state index contributed by atoms with van der Waals surface area (Å²) < 4.78 is 30.4. The van der Waals surface area contributed by atoms with E-state index in [-0.39, 0.29) is 29.2 Å². The Kier molecular flexibility index (Phi) is 4.14. The first-order valence-electron chi connectivity index (χ1n) is 8.42. The molecule has 0 N–H and O–H groups in total. The van der Waals surface area contributed by atoms with E-state index < -0.39 is 5.82 Å². The molecule has 1 spiro atoms. The number of aromatic nitrogens is 1. The Bertz CT molecular complexity index is 614. The number of hydrogen-bond donors (Lipinski definition) is 0. The van der Waals surface area contributed by atoms with E-state index in [0.29, 0.717) is 39.5 Å². The van der Waals surface area contributed by atoms with Crippen LogP contribution in [0.3, 0.4) is 0 Å². The Morgan fingerprint density at radius 2 is 2.29 bits per heavy atom. The van der Waals surface area contributed by atoms with Gasteiger partial charge < -0.3 is 19.1 Å². The van der Waals surface area contributed by atoms with Crippen molar-refractivity contribution in [3.05, 3.63) is 24.1 Å². The highest BCUT2D eigenvalue weighted by Gasteiger charge is 2.55. The minimum atomic E-state index is -0.461. The molecule has 2 unspecified atom stereocenters. The summed E-state index contributed by atoms with van der Waals surface area (Å²) in [5.41, 5.74) is -0.347. The van der Waals surface area contributed by atoms with Crippen LogP contribution in [0.5, 0.6) is 5.88 Å². The molecule has 4 heterocycles. The SMILES string of the molecule is O=C(C1CCOC1)N1CC2(C1)OCCC2COc1ncccc1F. The lowest BCUT2D eigenvalue weighted by Gasteiger charge is -2.50. The van der Waals surface area contributed by atoms with Crippen molar-refractivity contribution in [3.63, 3.8) is 0 Å². The lowest BCUT2D eigenvalue weighted by atomic mass is 9.80. The van der Waals surface area contributed by atoms with Gasteiger partial charge in [0.25, 0.3) is 0 Å². The lowest BCUT2D eigenvalue weighted by Crippen LogP contribution is -2.67. The van der Waals surface area contributed by atoms with E-state index in [0.717, 1.165) is 12.8 Å². The van der Waals surface area contributed by atoms with Gasteiger partial charge in [-0.25, -0.2) is 9.37 Å². The Hall–Kier alpha value is -1.73. The van der Waals surface area contributed by atoms with Gasteiger partial charge >= 0.3 is 0 Å². The number of ether oxygens (including phenoxy) is 3. The zero-order valence-corrected chi connectivity index (χ0v) is 13.4. The number of carbonyl (C=O) groups excluding carboxylic acids is 1. The summed E-state index contributed by atoms with van der Waals surface area (Å²) in [5, 5.41) is 0. The third-order valence-corrected chi connectivity index (χ3v) is 5.25. The maximum atomic E-state index is 13.6. The Morgan fingerprint density at radius 3 is 3.04 bits per heavy atom. The van der Waals surface area contributed by atoms with E-state index >= 15 is 0 Å². The minimum Gasteiger partial charge on any atom is -0.475 e. The van der Waals surface area contributed by atoms with Gasteiger partial charge in [0.15, 0.2) is 5.82 Å². The van der Waals surface area contributed by atoms with Gasteiger partial charge in [-0.3, -0.25) is 4.79 Å². The van der Waals surface area contributed by atoms with Gasteiger partial charge in [0.05, 0.1) is 32.2 Å². The topological polar surface area (TPSA) is 60.9 Å². The molecule has 2 atom stereocenters. The molecule has 1 amide bonds. The van der Waals surface area contributed by atoms with Crippen molar-refractivity contribution in [2.75, 3.05) is 39.5 Å². The minimum absolute atomic E-state index is 0.0129. The van der Waals surface area contributed by atoms with E-state index in [4.69, 9.17) is 14.2 Å². The van der Waals surface area contributed by atoms with Crippen LogP contribution >= 0.6 is 0 Å². The van der Waals surface area contributed by atoms with Crippen LogP contribution in [-0.4, -0.2) is 60.9 Å². The van der Waals surface area contributed by atoms with Crippen molar-refractivity contribution in [1.82, 2.24) is 9.88 Å². The predicted molar refractivity (Wildman–Crippen MR) is 82.0 cm³/mol. The summed E-state index contributed by atoms with van der Waals surface area (Å²) >= 11 is 0. The summed E-state index contributed by atoms with van der Waals surface area (Å²) in [6.45, 7) is 3.35. The van der Waals surface area contributed by atoms with E-state index in [1.165, 1.54) is 18.3 Å². The average Bonchev–Trinajstić information content (AvgIpc) is 3.21. The number of carbonyl (C=O) groups is 1. The van der Waals surface area contributed by atoms with Gasteiger partial charge in [0.2, 0.25) is 11.8 Å². The molecule has 0 bridgehead atoms. The van der Waals surface area contributed by atoms with Gasteiger partial charge in [-0.1, -0.05) is 0 Å². The van der Waals surface area contributed by atoms with Crippen molar-refractivity contribution in [2.24, 2.45) is 11.8 Å². The van der Waals surface area contributed by atoms with Crippen LogP contribution < -0.4 is 4.74 Å². The van der Waals surface area contributed by atoms with Gasteiger partial charge in [-0.15, -0.1) is 0 Å². The van der Waals surface area contributed by atoms with Crippen LogP contribution in [0, 0.1) is 17.7 Å². The molecule has 1 aromatic heterocycles. The second-order valence-corrected chi connectivity index (χ2v) is 6.76. The lowest BCUT2D eigenvalue weighted by molar-refractivity contribution is -0.170. The highest BCUT2D eigenvalue weighted by atomic mass is 19.1. The molecule has 4 rings (SSSR count). The molecule has 0 radical (unpaired) electrons. The molecule has 24 heavy (non-hydrogen) atoms. The highest BCUT2D eigenvalue weighted by Crippen LogP contribution is 2.41. The summed E-state index contributed by atoms with van der Waals surface area (Å²) in [7, 11) is 0. The molecular formula is C17H21FN2O4. The first kappa shape index (κ1) is 15.8. The van der Waals surface area contributed by atoms with Crippen LogP contribution in [0.15, 0.2) is 18.3 Å². The van der Waals surface area contributed by atoms with Crippen LogP contribution in [-0.2, 0) is 14.3 Å². The second-order valence-electron chi connectivity index (χ2n) is 6.76. The molecule has 7 heteroatoms. The van der Waals surface area contributed by atoms with Crippen molar-refractivity contribution >= 4 is 5.91 Å². The standard InChI is InChI=1S/C17H21FN2O4/c18-14-2-1-5-19-15(14)23-9-13-4-7-24-17(13)10-20(11-17)16(21)12-3-6-22-8-12/h1-2,5,12-13H,3-4,6-11H2. The number of hydrogen-bond acceptors (Lipinski definition) is 5. The fourth-order valence-electron chi connectivity index (χ4n) is 3.77. The molecular weight excluding hydrogens is 315 g/mol. The monoisotopic (exact) mass is 336 g/mol. The molecule has 0 aliphatic carbocycles. The first-order valence-corrected chi connectivity index (χ1v) is 8.42. The Morgan fingerprint density at radius 1 is 1.42 bits per heavy atom. The van der Waals surface area contributed by atoms with Crippen molar-refractivity contribution in [3.8, 4) is 5.88 Å². The van der Waals surface area contributed by atoms with E-state index in [2.05, 4.69) is 4.98 Å². The summed E-state index contributed by atoms with van der Waals surface area (Å²) in [6, 6.07) is 2.86. The fourth-order valence-corrected chi connectivity index (χ4v) is 3.77. The van der Waals surface area contributed by atoms with Crippen molar-refractivity contribution < 1.29 is 23.4 Å². The average molecular weight is 336 g/mol. The van der Waals surface area contributed by atoms with Crippen molar-refractivity contribution in [1.29, 1.82) is 0 Å². The van der Waals surface area contributed by atoms with Gasteiger partial charge in [-0.05, 0) is 25.0 Å². The quantitative estimate of drug-likeness (QED) is 0.828. The van der Waals surface area contributed by atoms with Crippen molar-refractivity contribution in [2.45, 2.75) is 18.4 Å². The number of nitrogens with zero attached hydrogens (tertiary/aromatic N) is 2. The molecule has 0 saturated carbocycles. The van der Waals surface area contributed by atoms with Gasteiger partial charge in [0, 0.05) is 25.3 Å². The molecule has 3 aliphatic rings. The van der Waals surface area contributed by atoms with E-state index in [1.807, 2.05) is 4.90 Å². The Balaban J connectivity index is 1.34. The molecule has 3 saturated heterocycles. The second kappa shape index (κ2) is 6.29. The highest BCUT2D eigenvalue weighted by molar-refractivity contribution is 5.80. The van der Waals surface area contributed by atoms with Crippen LogP contribution in [0.25, 0.3) is 0 Å². The van der Waals surface area contributed by atoms with E-state index in [1.54, 1.807) is 0 Å². The molecule has 130 valence electrons. The number of halogens is 1. The van der Waals surface area contributed by atoms with Crippen LogP contribution in [0.2, 0.25) is 0 Å². The summed E-state index contributed by atoms with van der Waals surface area (Å²) in [5.74, 6) is -0.153. The maximum Gasteiger partial charge on any atom is 0.250 e. The smallest absolute Gasteiger partial charge is 0.250 e. The first-order chi connectivity index (χ1) is 11.7. The predicted octanol–water partition coefficient (Wildman–Crippen LogP) is 1.25. The van der Waals surface area contributed by atoms with Gasteiger partial charge in [0.1, 0.15) is 5.60 Å². The zero-order chi connectivity index (χ0) is 16.6. The van der Waals surface area contributed by atoms with E-state index in [9.17, 15) is 9.18 Å². The Labute approximate surface area is 139 Å². The van der Waals surface area contributed by atoms with Gasteiger partial charge in [-0.2, -0.15) is 0 Å². The number of rotatable bonds is 4. The molecule has 1 aromatic rings. The van der Waals surface area contributed by atoms with Crippen LogP contribution in [0.1, 0.15) is 12.8 Å².